The molecule has 4 aromatic rings. The van der Waals surface area contributed by atoms with Crippen molar-refractivity contribution in [2.45, 2.75) is 82.6 Å². The van der Waals surface area contributed by atoms with Gasteiger partial charge in [-0.1, -0.05) is 26.3 Å². The van der Waals surface area contributed by atoms with E-state index in [0.29, 0.717) is 42.4 Å². The zero-order chi connectivity index (χ0) is 39.0. The van der Waals surface area contributed by atoms with Gasteiger partial charge in [-0.2, -0.15) is 9.40 Å². The minimum absolute atomic E-state index is 0.0140. The Balaban J connectivity index is 1.40. The van der Waals surface area contributed by atoms with E-state index < -0.39 is 28.0 Å². The minimum atomic E-state index is -3.94. The molecule has 0 radical (unpaired) electrons. The van der Waals surface area contributed by atoms with Gasteiger partial charge in [-0.25, -0.2) is 23.1 Å². The first-order chi connectivity index (χ1) is 25.8. The summed E-state index contributed by atoms with van der Waals surface area (Å²) in [6.07, 6.45) is 1.51. The first kappa shape index (κ1) is 40.8. The number of aryl methyl sites for hydroxylation is 1. The fraction of sp³-hybridized carbons (Fsp3) is 0.500. The fourth-order valence-corrected chi connectivity index (χ4v) is 9.67. The number of thiazole rings is 1. The van der Waals surface area contributed by atoms with E-state index >= 15 is 0 Å². The number of aromatic nitrogens is 4. The number of hydrogen-bond donors (Lipinski definition) is 3. The Hall–Kier alpha value is -4.39. The van der Waals surface area contributed by atoms with Crippen LogP contribution in [0.15, 0.2) is 39.9 Å². The number of sulfonamides is 1. The number of ether oxygens (including phenoxy) is 2. The van der Waals surface area contributed by atoms with E-state index in [1.165, 1.54) is 20.3 Å². The molecule has 4 heterocycles. The van der Waals surface area contributed by atoms with Gasteiger partial charge in [-0.15, -0.1) is 22.7 Å². The smallest absolute Gasteiger partial charge is 0.252 e. The van der Waals surface area contributed by atoms with Crippen LogP contribution in [-0.2, 0) is 37.4 Å². The van der Waals surface area contributed by atoms with Gasteiger partial charge in [0.25, 0.3) is 10.0 Å². The third kappa shape index (κ3) is 10.0. The highest BCUT2D eigenvalue weighted by molar-refractivity contribution is 7.91. The summed E-state index contributed by atoms with van der Waals surface area (Å²) in [5.41, 5.74) is 1.57. The minimum Gasteiger partial charge on any atom is -0.493 e. The third-order valence-corrected chi connectivity index (χ3v) is 13.4. The summed E-state index contributed by atoms with van der Waals surface area (Å²) in [6.45, 7) is 7.68. The maximum absolute atomic E-state index is 13.9. The van der Waals surface area contributed by atoms with Gasteiger partial charge in [0.2, 0.25) is 17.7 Å². The lowest BCUT2D eigenvalue weighted by Gasteiger charge is -2.26. The molecule has 0 saturated heterocycles. The Morgan fingerprint density at radius 3 is 2.46 bits per heavy atom. The molecule has 3 aromatic heterocycles. The average molecular weight is 801 g/mol. The van der Waals surface area contributed by atoms with Crippen LogP contribution >= 0.6 is 22.7 Å². The summed E-state index contributed by atoms with van der Waals surface area (Å²) in [4.78, 5) is 50.3. The monoisotopic (exact) mass is 800 g/mol. The van der Waals surface area contributed by atoms with Gasteiger partial charge in [-0.3, -0.25) is 14.4 Å². The lowest BCUT2D eigenvalue weighted by Crippen LogP contribution is -2.51. The molecule has 18 heteroatoms. The molecule has 0 fully saturated rings. The van der Waals surface area contributed by atoms with Crippen LogP contribution < -0.4 is 25.4 Å². The molecule has 3 atom stereocenters. The molecule has 1 aromatic carbocycles. The van der Waals surface area contributed by atoms with Gasteiger partial charge >= 0.3 is 0 Å². The molecular formula is C36H48N8O7S3. The van der Waals surface area contributed by atoms with E-state index in [-0.39, 0.29) is 61.0 Å². The predicted molar refractivity (Wildman–Crippen MR) is 206 cm³/mol. The molecule has 1 aliphatic rings. The molecular weight excluding hydrogens is 753 g/mol. The van der Waals surface area contributed by atoms with Gasteiger partial charge in [0.1, 0.15) is 22.6 Å². The molecule has 5 rings (SSSR count). The molecule has 0 bridgehead atoms. The van der Waals surface area contributed by atoms with Crippen LogP contribution in [0.1, 0.15) is 74.7 Å². The number of amides is 3. The van der Waals surface area contributed by atoms with Crippen LogP contribution in [0.5, 0.6) is 11.5 Å². The molecule has 0 spiro atoms. The molecule has 1 aliphatic heterocycles. The van der Waals surface area contributed by atoms with Crippen LogP contribution in [0.25, 0.3) is 10.6 Å². The average Bonchev–Trinajstić information content (AvgIpc) is 3.91. The van der Waals surface area contributed by atoms with Gasteiger partial charge in [0.05, 0.1) is 35.8 Å². The first-order valence-electron chi connectivity index (χ1n) is 17.9. The summed E-state index contributed by atoms with van der Waals surface area (Å²) < 4.78 is 41.7. The number of hydrogen-bond acceptors (Lipinski definition) is 12. The molecule has 15 nitrogen and oxygen atoms in total. The zero-order valence-corrected chi connectivity index (χ0v) is 33.8. The van der Waals surface area contributed by atoms with Crippen molar-refractivity contribution in [2.75, 3.05) is 33.9 Å². The van der Waals surface area contributed by atoms with E-state index in [1.807, 2.05) is 38.3 Å². The largest absolute Gasteiger partial charge is 0.493 e. The van der Waals surface area contributed by atoms with Crippen molar-refractivity contribution in [1.82, 2.24) is 40.0 Å². The van der Waals surface area contributed by atoms with Gasteiger partial charge in [-0.05, 0) is 62.4 Å². The maximum Gasteiger partial charge on any atom is 0.252 e. The zero-order valence-electron chi connectivity index (χ0n) is 31.4. The molecule has 3 amide bonds. The van der Waals surface area contributed by atoms with Crippen molar-refractivity contribution in [1.29, 1.82) is 0 Å². The maximum atomic E-state index is 13.9. The number of methoxy groups -OCH3 is 2. The number of fused-ring (bicyclic) bond motifs is 1. The quantitative estimate of drug-likeness (QED) is 0.223. The van der Waals surface area contributed by atoms with Crippen LogP contribution in [-0.4, -0.2) is 90.1 Å². The number of rotatable bonds is 9. The molecule has 3 N–H and O–H groups in total. The Morgan fingerprint density at radius 1 is 1.00 bits per heavy atom. The standard InChI is InChI=1S/C36H48N8O7S3/c1-7-22(2)34-36(47)38-23(3)35-40-30(19-25-11-12-27(50-5)28(18-25)51-6)42-44(35)20-32(46)37-15-9-17-43(16-8-10-31(45)41-34)54(48,49)33-14-13-29(53-33)26-21-52-24(4)39-26/h11-14,18,21-23,34H,7-10,15-17,19-20H2,1-6H3,(H,37,46)(H,38,47)(H,41,45)/t22-,23+,34-/m0/s1. The molecule has 0 saturated carbocycles. The number of carbonyl (C=O) groups excluding carboxylic acids is 3. The highest BCUT2D eigenvalue weighted by Gasteiger charge is 2.30. The van der Waals surface area contributed by atoms with E-state index in [4.69, 9.17) is 14.5 Å². The van der Waals surface area contributed by atoms with E-state index in [2.05, 4.69) is 26.0 Å². The van der Waals surface area contributed by atoms with Crippen molar-refractivity contribution in [2.24, 2.45) is 5.92 Å². The predicted octanol–water partition coefficient (Wildman–Crippen LogP) is 4.08. The molecule has 0 unspecified atom stereocenters. The lowest BCUT2D eigenvalue weighted by molar-refractivity contribution is -0.130. The number of nitrogens with one attached hydrogen (secondary N) is 3. The van der Waals surface area contributed by atoms with Gasteiger partial charge < -0.3 is 25.4 Å². The van der Waals surface area contributed by atoms with Gasteiger partial charge in [0, 0.05) is 37.9 Å². The van der Waals surface area contributed by atoms with Crippen molar-refractivity contribution >= 4 is 50.4 Å². The van der Waals surface area contributed by atoms with E-state index in [9.17, 15) is 22.8 Å². The van der Waals surface area contributed by atoms with E-state index in [0.717, 1.165) is 32.5 Å². The Kier molecular flexibility index (Phi) is 13.8. The van der Waals surface area contributed by atoms with Crippen molar-refractivity contribution in [3.05, 3.63) is 57.9 Å². The van der Waals surface area contributed by atoms with E-state index in [1.54, 1.807) is 39.3 Å². The van der Waals surface area contributed by atoms with Crippen molar-refractivity contribution < 1.29 is 32.3 Å². The summed E-state index contributed by atoms with van der Waals surface area (Å²) in [5, 5.41) is 16.2. The number of carbonyl (C=O) groups is 3. The lowest BCUT2D eigenvalue weighted by atomic mass is 9.97. The second-order valence-electron chi connectivity index (χ2n) is 13.2. The van der Waals surface area contributed by atoms with Crippen molar-refractivity contribution in [3.8, 4) is 22.1 Å². The number of nitrogens with zero attached hydrogens (tertiary/aromatic N) is 5. The normalized spacial score (nSPS) is 19.1. The van der Waals surface area contributed by atoms with Crippen LogP contribution in [0.2, 0.25) is 0 Å². The summed E-state index contributed by atoms with van der Waals surface area (Å²) >= 11 is 2.63. The second kappa shape index (κ2) is 18.3. The van der Waals surface area contributed by atoms with Gasteiger partial charge in [0.15, 0.2) is 17.3 Å². The molecule has 0 aliphatic carbocycles. The third-order valence-electron chi connectivity index (χ3n) is 9.17. The van der Waals surface area contributed by atoms with Crippen LogP contribution in [0.3, 0.4) is 0 Å². The Labute approximate surface area is 323 Å². The summed E-state index contributed by atoms with van der Waals surface area (Å²) in [5.74, 6) is 0.604. The van der Waals surface area contributed by atoms with Crippen LogP contribution in [0.4, 0.5) is 0 Å². The first-order valence-corrected chi connectivity index (χ1v) is 21.0. The second-order valence-corrected chi connectivity index (χ2v) is 17.5. The summed E-state index contributed by atoms with van der Waals surface area (Å²) in [6, 6.07) is 7.30. The molecule has 292 valence electrons. The SMILES string of the molecule is CC[C@H](C)[C@@H]1NC(=O)CCCN(S(=O)(=O)c2ccc(-c3csc(C)n3)s2)CCCNC(=O)Cn2nc(Cc3ccc(OC)c(OC)c3)nc2[C@@H](C)NC1=O. The Morgan fingerprint density at radius 2 is 1.76 bits per heavy atom. The highest BCUT2D eigenvalue weighted by atomic mass is 32.2. The fourth-order valence-electron chi connectivity index (χ4n) is 6.05. The summed E-state index contributed by atoms with van der Waals surface area (Å²) in [7, 11) is -0.826. The van der Waals surface area contributed by atoms with Crippen molar-refractivity contribution in [3.63, 3.8) is 0 Å². The molecule has 54 heavy (non-hydrogen) atoms. The topological polar surface area (TPSA) is 187 Å². The number of benzene rings is 1. The van der Waals surface area contributed by atoms with Crippen LogP contribution in [0, 0.1) is 12.8 Å². The number of thiophene rings is 1. The Bertz CT molecular complexity index is 2040. The highest BCUT2D eigenvalue weighted by Crippen LogP contribution is 2.33.